The molecular weight excluding hydrogens is 341 g/mol. The van der Waals surface area contributed by atoms with Crippen molar-refractivity contribution in [3.63, 3.8) is 0 Å². The SMILES string of the molecule is OC(CBr)c1cc(Br)cc(C(F)(F)F)c1. The molecule has 0 fully saturated rings. The average molecular weight is 348 g/mol. The molecule has 0 aromatic heterocycles. The molecule has 84 valence electrons. The lowest BCUT2D eigenvalue weighted by molar-refractivity contribution is -0.137. The number of aliphatic hydroxyl groups excluding tert-OH is 1. The first-order valence-corrected chi connectivity index (χ1v) is 5.87. The van der Waals surface area contributed by atoms with Crippen LogP contribution >= 0.6 is 31.9 Å². The molecule has 0 radical (unpaired) electrons. The number of hydrogen-bond donors (Lipinski definition) is 1. The summed E-state index contributed by atoms with van der Waals surface area (Å²) in [5.74, 6) is 0. The number of halogens is 5. The van der Waals surface area contributed by atoms with Gasteiger partial charge in [0.2, 0.25) is 0 Å². The third kappa shape index (κ3) is 3.46. The zero-order chi connectivity index (χ0) is 11.6. The van der Waals surface area contributed by atoms with E-state index in [-0.39, 0.29) is 10.9 Å². The van der Waals surface area contributed by atoms with Crippen molar-refractivity contribution < 1.29 is 18.3 Å². The second kappa shape index (κ2) is 4.84. The minimum absolute atomic E-state index is 0.195. The molecule has 6 heteroatoms. The van der Waals surface area contributed by atoms with Crippen molar-refractivity contribution >= 4 is 31.9 Å². The molecule has 0 spiro atoms. The summed E-state index contributed by atoms with van der Waals surface area (Å²) in [6.45, 7) is 0. The van der Waals surface area contributed by atoms with E-state index in [0.717, 1.165) is 12.1 Å². The molecule has 0 heterocycles. The summed E-state index contributed by atoms with van der Waals surface area (Å²) in [5.41, 5.74) is -0.541. The third-order valence-electron chi connectivity index (χ3n) is 1.78. The fourth-order valence-electron chi connectivity index (χ4n) is 1.06. The molecule has 1 atom stereocenters. The van der Waals surface area contributed by atoms with Gasteiger partial charge in [-0.25, -0.2) is 0 Å². The first kappa shape index (κ1) is 13.0. The molecule has 1 N–H and O–H groups in total. The molecule has 0 amide bonds. The summed E-state index contributed by atoms with van der Waals surface area (Å²) in [5, 5.41) is 9.60. The van der Waals surface area contributed by atoms with Gasteiger partial charge < -0.3 is 5.11 Å². The summed E-state index contributed by atoms with van der Waals surface area (Å²) in [6, 6.07) is 3.38. The summed E-state index contributed by atoms with van der Waals surface area (Å²) in [6.07, 6.45) is -5.34. The number of rotatable bonds is 2. The number of benzene rings is 1. The van der Waals surface area contributed by atoms with Crippen molar-refractivity contribution in [2.24, 2.45) is 0 Å². The molecule has 1 nitrogen and oxygen atoms in total. The normalized spacial score (nSPS) is 14.0. The van der Waals surface area contributed by atoms with Crippen LogP contribution in [0, 0.1) is 0 Å². The summed E-state index contributed by atoms with van der Waals surface area (Å²) in [4.78, 5) is 0. The Hall–Kier alpha value is -0.0700. The van der Waals surface area contributed by atoms with Crippen LogP contribution < -0.4 is 0 Å². The Morgan fingerprint density at radius 1 is 1.27 bits per heavy atom. The largest absolute Gasteiger partial charge is 0.416 e. The van der Waals surface area contributed by atoms with Crippen molar-refractivity contribution in [3.05, 3.63) is 33.8 Å². The van der Waals surface area contributed by atoms with Crippen LogP contribution in [0.15, 0.2) is 22.7 Å². The molecular formula is C9H7Br2F3O. The monoisotopic (exact) mass is 346 g/mol. The predicted octanol–water partition coefficient (Wildman–Crippen LogP) is 3.90. The standard InChI is InChI=1S/C9H7Br2F3O/c10-4-8(15)5-1-6(9(12,13)14)3-7(11)2-5/h1-3,8,15H,4H2. The van der Waals surface area contributed by atoms with Gasteiger partial charge in [0.15, 0.2) is 0 Å². The quantitative estimate of drug-likeness (QED) is 0.804. The maximum atomic E-state index is 12.4. The molecule has 1 aromatic carbocycles. The van der Waals surface area contributed by atoms with E-state index in [4.69, 9.17) is 0 Å². The van der Waals surface area contributed by atoms with Crippen LogP contribution in [-0.4, -0.2) is 10.4 Å². The van der Waals surface area contributed by atoms with Crippen LogP contribution in [-0.2, 0) is 6.18 Å². The van der Waals surface area contributed by atoms with Crippen LogP contribution in [0.5, 0.6) is 0 Å². The van der Waals surface area contributed by atoms with Gasteiger partial charge in [0.1, 0.15) is 0 Å². The van der Waals surface area contributed by atoms with Crippen LogP contribution in [0.25, 0.3) is 0 Å². The highest BCUT2D eigenvalue weighted by Gasteiger charge is 2.31. The Morgan fingerprint density at radius 2 is 1.87 bits per heavy atom. The van der Waals surface area contributed by atoms with E-state index in [2.05, 4.69) is 31.9 Å². The Morgan fingerprint density at radius 3 is 2.33 bits per heavy atom. The van der Waals surface area contributed by atoms with Gasteiger partial charge in [-0.2, -0.15) is 13.2 Å². The van der Waals surface area contributed by atoms with Crippen molar-refractivity contribution in [2.45, 2.75) is 12.3 Å². The highest BCUT2D eigenvalue weighted by Crippen LogP contribution is 2.33. The average Bonchev–Trinajstić information content (AvgIpc) is 2.14. The van der Waals surface area contributed by atoms with Crippen molar-refractivity contribution in [3.8, 4) is 0 Å². The third-order valence-corrected chi connectivity index (χ3v) is 2.85. The van der Waals surface area contributed by atoms with Crippen LogP contribution in [0.1, 0.15) is 17.2 Å². The second-order valence-electron chi connectivity index (χ2n) is 2.94. The van der Waals surface area contributed by atoms with E-state index in [1.807, 2.05) is 0 Å². The van der Waals surface area contributed by atoms with E-state index in [1.165, 1.54) is 6.07 Å². The highest BCUT2D eigenvalue weighted by atomic mass is 79.9. The van der Waals surface area contributed by atoms with E-state index in [1.54, 1.807) is 0 Å². The van der Waals surface area contributed by atoms with E-state index in [0.29, 0.717) is 4.47 Å². The lowest BCUT2D eigenvalue weighted by atomic mass is 10.1. The maximum Gasteiger partial charge on any atom is 0.416 e. The molecule has 1 rings (SSSR count). The number of hydrogen-bond acceptors (Lipinski definition) is 1. The first-order valence-electron chi connectivity index (χ1n) is 3.96. The highest BCUT2D eigenvalue weighted by molar-refractivity contribution is 9.10. The lowest BCUT2D eigenvalue weighted by Gasteiger charge is -2.12. The Labute approximate surface area is 102 Å². The van der Waals surface area contributed by atoms with Gasteiger partial charge in [0.05, 0.1) is 11.7 Å². The second-order valence-corrected chi connectivity index (χ2v) is 4.50. The molecule has 0 aliphatic carbocycles. The van der Waals surface area contributed by atoms with E-state index in [9.17, 15) is 18.3 Å². The van der Waals surface area contributed by atoms with Crippen LogP contribution in [0.4, 0.5) is 13.2 Å². The van der Waals surface area contributed by atoms with E-state index < -0.39 is 17.8 Å². The molecule has 1 unspecified atom stereocenters. The van der Waals surface area contributed by atoms with Gasteiger partial charge in [0, 0.05) is 9.80 Å². The lowest BCUT2D eigenvalue weighted by Crippen LogP contribution is -2.07. The van der Waals surface area contributed by atoms with Crippen molar-refractivity contribution in [1.29, 1.82) is 0 Å². The Kier molecular flexibility index (Phi) is 4.20. The number of alkyl halides is 4. The predicted molar refractivity (Wildman–Crippen MR) is 57.9 cm³/mol. The number of aliphatic hydroxyl groups is 1. The fourth-order valence-corrected chi connectivity index (χ4v) is 1.94. The minimum atomic E-state index is -4.40. The Balaban J connectivity index is 3.17. The molecule has 0 bridgehead atoms. The maximum absolute atomic E-state index is 12.4. The van der Waals surface area contributed by atoms with Gasteiger partial charge in [-0.15, -0.1) is 0 Å². The minimum Gasteiger partial charge on any atom is -0.388 e. The summed E-state index contributed by atoms with van der Waals surface area (Å²) in [7, 11) is 0. The van der Waals surface area contributed by atoms with E-state index >= 15 is 0 Å². The van der Waals surface area contributed by atoms with Crippen LogP contribution in [0.2, 0.25) is 0 Å². The first-order chi connectivity index (χ1) is 6.84. The van der Waals surface area contributed by atoms with Crippen molar-refractivity contribution in [2.75, 3.05) is 5.33 Å². The van der Waals surface area contributed by atoms with Gasteiger partial charge >= 0.3 is 6.18 Å². The molecule has 0 aliphatic heterocycles. The molecule has 1 aromatic rings. The molecule has 0 aliphatic rings. The molecule has 15 heavy (non-hydrogen) atoms. The smallest absolute Gasteiger partial charge is 0.388 e. The van der Waals surface area contributed by atoms with Gasteiger partial charge in [-0.3, -0.25) is 0 Å². The summed E-state index contributed by atoms with van der Waals surface area (Å²) < 4.78 is 37.5. The molecule has 0 saturated carbocycles. The molecule has 0 saturated heterocycles. The van der Waals surface area contributed by atoms with Gasteiger partial charge in [-0.05, 0) is 23.8 Å². The zero-order valence-electron chi connectivity index (χ0n) is 7.35. The Bertz CT molecular complexity index is 352. The van der Waals surface area contributed by atoms with Crippen molar-refractivity contribution in [1.82, 2.24) is 0 Å². The van der Waals surface area contributed by atoms with Gasteiger partial charge in [-0.1, -0.05) is 31.9 Å². The topological polar surface area (TPSA) is 20.2 Å². The van der Waals surface area contributed by atoms with Gasteiger partial charge in [0.25, 0.3) is 0 Å². The van der Waals surface area contributed by atoms with Crippen LogP contribution in [0.3, 0.4) is 0 Å². The fraction of sp³-hybridized carbons (Fsp3) is 0.333. The summed E-state index contributed by atoms with van der Waals surface area (Å²) >= 11 is 5.98. The zero-order valence-corrected chi connectivity index (χ0v) is 10.5.